The van der Waals surface area contributed by atoms with Crippen LogP contribution in [-0.2, 0) is 4.74 Å². The second-order valence-electron chi connectivity index (χ2n) is 5.68. The number of aryl methyl sites for hydroxylation is 1. The van der Waals surface area contributed by atoms with Crippen LogP contribution in [0.5, 0.6) is 5.75 Å². The van der Waals surface area contributed by atoms with E-state index in [-0.39, 0.29) is 11.7 Å². The van der Waals surface area contributed by atoms with Crippen molar-refractivity contribution in [3.05, 3.63) is 64.5 Å². The van der Waals surface area contributed by atoms with Gasteiger partial charge in [-0.3, -0.25) is 0 Å². The first kappa shape index (κ1) is 14.0. The van der Waals surface area contributed by atoms with Gasteiger partial charge in [0.25, 0.3) is 0 Å². The first-order valence-corrected chi connectivity index (χ1v) is 7.59. The molecule has 23 heavy (non-hydrogen) atoms. The summed E-state index contributed by atoms with van der Waals surface area (Å²) in [4.78, 5) is 12.0. The summed E-state index contributed by atoms with van der Waals surface area (Å²) in [7, 11) is 0. The normalized spacial score (nSPS) is 16.5. The van der Waals surface area contributed by atoms with Gasteiger partial charge in [-0.1, -0.05) is 30.3 Å². The first-order valence-electron chi connectivity index (χ1n) is 7.59. The Hall–Kier alpha value is -2.59. The molecule has 4 nitrogen and oxygen atoms in total. The Bertz CT molecular complexity index is 908. The molecule has 1 aliphatic rings. The van der Waals surface area contributed by atoms with Crippen LogP contribution < -0.4 is 10.4 Å². The molecule has 116 valence electrons. The van der Waals surface area contributed by atoms with Crippen molar-refractivity contribution in [3.63, 3.8) is 0 Å². The number of benzene rings is 2. The van der Waals surface area contributed by atoms with Crippen molar-refractivity contribution in [1.29, 1.82) is 0 Å². The van der Waals surface area contributed by atoms with Crippen LogP contribution in [0.25, 0.3) is 22.1 Å². The number of ether oxygens (including phenoxy) is 2. The highest BCUT2D eigenvalue weighted by molar-refractivity contribution is 5.95. The van der Waals surface area contributed by atoms with E-state index in [1.807, 2.05) is 49.4 Å². The minimum Gasteiger partial charge on any atom is -0.490 e. The maximum Gasteiger partial charge on any atom is 0.336 e. The van der Waals surface area contributed by atoms with E-state index in [1.165, 1.54) is 6.07 Å². The standard InChI is InChI=1S/C19H16O4/c1-12-17(22-11-14-10-21-14)8-7-15-16(9-18(20)23-19(12)15)13-5-3-2-4-6-13/h2-9,14H,10-11H2,1H3/t14-/m1/s1. The highest BCUT2D eigenvalue weighted by Gasteiger charge is 2.23. The number of hydrogen-bond acceptors (Lipinski definition) is 4. The largest absolute Gasteiger partial charge is 0.490 e. The molecular weight excluding hydrogens is 292 g/mol. The summed E-state index contributed by atoms with van der Waals surface area (Å²) in [5.74, 6) is 0.723. The fourth-order valence-corrected chi connectivity index (χ4v) is 2.70. The lowest BCUT2D eigenvalue weighted by Crippen LogP contribution is -2.06. The lowest BCUT2D eigenvalue weighted by molar-refractivity contribution is 0.261. The van der Waals surface area contributed by atoms with Crippen molar-refractivity contribution in [1.82, 2.24) is 0 Å². The van der Waals surface area contributed by atoms with Gasteiger partial charge >= 0.3 is 5.63 Å². The fraction of sp³-hybridized carbons (Fsp3) is 0.211. The average molecular weight is 308 g/mol. The van der Waals surface area contributed by atoms with E-state index in [4.69, 9.17) is 13.9 Å². The molecule has 3 aromatic rings. The lowest BCUT2D eigenvalue weighted by atomic mass is 10.0. The Balaban J connectivity index is 1.85. The Morgan fingerprint density at radius 3 is 2.70 bits per heavy atom. The minimum atomic E-state index is -0.359. The maximum absolute atomic E-state index is 12.0. The van der Waals surface area contributed by atoms with Crippen LogP contribution in [0, 0.1) is 6.92 Å². The quantitative estimate of drug-likeness (QED) is 0.546. The molecule has 1 saturated heterocycles. The van der Waals surface area contributed by atoms with E-state index in [9.17, 15) is 4.79 Å². The average Bonchev–Trinajstić information content (AvgIpc) is 3.39. The van der Waals surface area contributed by atoms with Gasteiger partial charge in [0.05, 0.1) is 6.61 Å². The van der Waals surface area contributed by atoms with Gasteiger partial charge in [-0.05, 0) is 30.2 Å². The van der Waals surface area contributed by atoms with Crippen molar-refractivity contribution in [2.24, 2.45) is 0 Å². The maximum atomic E-state index is 12.0. The number of fused-ring (bicyclic) bond motifs is 1. The van der Waals surface area contributed by atoms with Gasteiger partial charge in [0, 0.05) is 17.0 Å². The second kappa shape index (κ2) is 5.56. The van der Waals surface area contributed by atoms with Crippen LogP contribution in [0.1, 0.15) is 5.56 Å². The predicted octanol–water partition coefficient (Wildman–Crippen LogP) is 3.55. The number of rotatable bonds is 4. The van der Waals surface area contributed by atoms with Gasteiger partial charge in [-0.25, -0.2) is 4.79 Å². The Kier molecular flexibility index (Phi) is 3.39. The van der Waals surface area contributed by atoms with Gasteiger partial charge in [-0.2, -0.15) is 0 Å². The lowest BCUT2D eigenvalue weighted by Gasteiger charge is -2.12. The SMILES string of the molecule is Cc1c(OC[C@H]2CO2)ccc2c(-c3ccccc3)cc(=O)oc12. The van der Waals surface area contributed by atoms with Crippen LogP contribution >= 0.6 is 0 Å². The van der Waals surface area contributed by atoms with Crippen LogP contribution in [0.2, 0.25) is 0 Å². The number of epoxide rings is 1. The Morgan fingerprint density at radius 1 is 1.17 bits per heavy atom. The summed E-state index contributed by atoms with van der Waals surface area (Å²) < 4.78 is 16.4. The molecule has 1 atom stereocenters. The molecule has 0 saturated carbocycles. The van der Waals surface area contributed by atoms with E-state index < -0.39 is 0 Å². The molecule has 0 unspecified atom stereocenters. The summed E-state index contributed by atoms with van der Waals surface area (Å²) in [6.45, 7) is 3.18. The van der Waals surface area contributed by atoms with Crippen LogP contribution in [0.15, 0.2) is 57.7 Å². The fourth-order valence-electron chi connectivity index (χ4n) is 2.70. The second-order valence-corrected chi connectivity index (χ2v) is 5.68. The molecule has 0 spiro atoms. The Morgan fingerprint density at radius 2 is 1.96 bits per heavy atom. The first-order chi connectivity index (χ1) is 11.2. The molecule has 0 amide bonds. The number of hydrogen-bond donors (Lipinski definition) is 0. The van der Waals surface area contributed by atoms with Crippen LogP contribution in [0.4, 0.5) is 0 Å². The van der Waals surface area contributed by atoms with Crippen LogP contribution in [-0.4, -0.2) is 19.3 Å². The zero-order chi connectivity index (χ0) is 15.8. The van der Waals surface area contributed by atoms with Crippen molar-refractivity contribution in [3.8, 4) is 16.9 Å². The van der Waals surface area contributed by atoms with Gasteiger partial charge in [-0.15, -0.1) is 0 Å². The monoisotopic (exact) mass is 308 g/mol. The summed E-state index contributed by atoms with van der Waals surface area (Å²) in [5, 5.41) is 0.906. The molecule has 1 aliphatic heterocycles. The molecule has 0 N–H and O–H groups in total. The summed E-state index contributed by atoms with van der Waals surface area (Å²) in [6.07, 6.45) is 0.188. The zero-order valence-electron chi connectivity index (χ0n) is 12.7. The van der Waals surface area contributed by atoms with Gasteiger partial charge in [0.1, 0.15) is 24.0 Å². The molecule has 1 aromatic heterocycles. The molecule has 0 aliphatic carbocycles. The summed E-state index contributed by atoms with van der Waals surface area (Å²) in [5.41, 5.74) is 2.91. The predicted molar refractivity (Wildman–Crippen MR) is 87.9 cm³/mol. The van der Waals surface area contributed by atoms with E-state index >= 15 is 0 Å². The topological polar surface area (TPSA) is 52.0 Å². The third kappa shape index (κ3) is 2.73. The van der Waals surface area contributed by atoms with E-state index in [0.717, 1.165) is 34.4 Å². The summed E-state index contributed by atoms with van der Waals surface area (Å²) in [6, 6.07) is 15.2. The van der Waals surface area contributed by atoms with Crippen LogP contribution in [0.3, 0.4) is 0 Å². The third-order valence-electron chi connectivity index (χ3n) is 4.02. The summed E-state index contributed by atoms with van der Waals surface area (Å²) >= 11 is 0. The van der Waals surface area contributed by atoms with Gasteiger partial charge in [0.15, 0.2) is 0 Å². The zero-order valence-corrected chi connectivity index (χ0v) is 12.7. The van der Waals surface area contributed by atoms with E-state index in [2.05, 4.69) is 0 Å². The van der Waals surface area contributed by atoms with Crippen molar-refractivity contribution < 1.29 is 13.9 Å². The van der Waals surface area contributed by atoms with E-state index in [0.29, 0.717) is 12.2 Å². The molecule has 4 rings (SSSR count). The molecule has 4 heteroatoms. The molecular formula is C19H16O4. The third-order valence-corrected chi connectivity index (χ3v) is 4.02. The highest BCUT2D eigenvalue weighted by Crippen LogP contribution is 2.33. The highest BCUT2D eigenvalue weighted by atomic mass is 16.6. The van der Waals surface area contributed by atoms with Gasteiger partial charge in [0.2, 0.25) is 0 Å². The smallest absolute Gasteiger partial charge is 0.336 e. The molecule has 1 fully saturated rings. The van der Waals surface area contributed by atoms with Crippen molar-refractivity contribution >= 4 is 11.0 Å². The molecule has 0 radical (unpaired) electrons. The minimum absolute atomic E-state index is 0.188. The molecule has 2 aromatic carbocycles. The van der Waals surface area contributed by atoms with E-state index in [1.54, 1.807) is 0 Å². The van der Waals surface area contributed by atoms with Gasteiger partial charge < -0.3 is 13.9 Å². The molecule has 0 bridgehead atoms. The molecule has 2 heterocycles. The Labute approximate surface area is 133 Å². The van der Waals surface area contributed by atoms with Crippen molar-refractivity contribution in [2.75, 3.05) is 13.2 Å². The van der Waals surface area contributed by atoms with Crippen molar-refractivity contribution in [2.45, 2.75) is 13.0 Å².